The van der Waals surface area contributed by atoms with Crippen molar-refractivity contribution in [2.75, 3.05) is 6.61 Å². The first-order valence-electron chi connectivity index (χ1n) is 14.4. The molecule has 6 rings (SSSR count). The van der Waals surface area contributed by atoms with Crippen LogP contribution in [0.2, 0.25) is 0 Å². The molecule has 5 fully saturated rings. The van der Waals surface area contributed by atoms with Crippen LogP contribution in [0, 0.1) is 34.5 Å². The van der Waals surface area contributed by atoms with Gasteiger partial charge in [-0.1, -0.05) is 6.92 Å². The molecule has 0 aromatic heterocycles. The van der Waals surface area contributed by atoms with Crippen molar-refractivity contribution in [1.29, 1.82) is 0 Å². The van der Waals surface area contributed by atoms with Crippen LogP contribution < -0.4 is 0 Å². The van der Waals surface area contributed by atoms with Crippen LogP contribution in [0.5, 0.6) is 0 Å². The molecule has 0 amide bonds. The van der Waals surface area contributed by atoms with Gasteiger partial charge in [0.1, 0.15) is 31.2 Å². The highest BCUT2D eigenvalue weighted by molar-refractivity contribution is 5.85. The van der Waals surface area contributed by atoms with E-state index in [1.807, 2.05) is 0 Å². The number of aliphatic hydroxyl groups excluding tert-OH is 3. The average molecular weight is 535 g/mol. The summed E-state index contributed by atoms with van der Waals surface area (Å²) in [6.45, 7) is 4.13. The summed E-state index contributed by atoms with van der Waals surface area (Å²) in [7, 11) is 0. The predicted molar refractivity (Wildman–Crippen MR) is 133 cm³/mol. The molecule has 1 saturated heterocycles. The van der Waals surface area contributed by atoms with Crippen molar-refractivity contribution in [3.05, 3.63) is 11.6 Å². The number of rotatable bonds is 4. The van der Waals surface area contributed by atoms with E-state index in [0.717, 1.165) is 37.7 Å². The second-order valence-corrected chi connectivity index (χ2v) is 13.2. The SMILES string of the molecule is C[C@@H]1O[C@@H](O[C@H]2CC[C@@]3(C=O)[C@H](CC[C@@H]4[C@@H]3CC[C@]3(C)[C@@H](C5=CC(=O)OC5)CC[C@]43O)C2)[C@H](O)[C@H](O)[C@H]1O. The minimum Gasteiger partial charge on any atom is -0.458 e. The largest absolute Gasteiger partial charge is 0.458 e. The first-order valence-corrected chi connectivity index (χ1v) is 14.4. The van der Waals surface area contributed by atoms with Gasteiger partial charge in [-0.25, -0.2) is 4.79 Å². The maximum absolute atomic E-state index is 12.9. The van der Waals surface area contributed by atoms with Crippen LogP contribution in [-0.2, 0) is 23.8 Å². The second kappa shape index (κ2) is 9.35. The van der Waals surface area contributed by atoms with Crippen molar-refractivity contribution in [3.63, 3.8) is 0 Å². The van der Waals surface area contributed by atoms with E-state index in [1.165, 1.54) is 6.29 Å². The number of hydrogen-bond donors (Lipinski definition) is 4. The third-order valence-corrected chi connectivity index (χ3v) is 11.9. The molecule has 0 radical (unpaired) electrons. The van der Waals surface area contributed by atoms with Crippen LogP contribution in [0.25, 0.3) is 0 Å². The summed E-state index contributed by atoms with van der Waals surface area (Å²) < 4.78 is 17.0. The van der Waals surface area contributed by atoms with E-state index in [2.05, 4.69) is 6.92 Å². The molecule has 212 valence electrons. The molecule has 0 spiro atoms. The zero-order valence-corrected chi connectivity index (χ0v) is 22.3. The highest BCUT2D eigenvalue weighted by Gasteiger charge is 2.68. The molecule has 0 unspecified atom stereocenters. The second-order valence-electron chi connectivity index (χ2n) is 13.2. The number of cyclic esters (lactones) is 1. The Morgan fingerprint density at radius 1 is 1.00 bits per heavy atom. The van der Waals surface area contributed by atoms with Crippen molar-refractivity contribution >= 4 is 12.3 Å². The van der Waals surface area contributed by atoms with Crippen molar-refractivity contribution < 1.29 is 44.2 Å². The molecule has 0 aromatic carbocycles. The maximum atomic E-state index is 12.9. The summed E-state index contributed by atoms with van der Waals surface area (Å²) in [5.74, 6) is 0.0678. The smallest absolute Gasteiger partial charge is 0.331 e. The van der Waals surface area contributed by atoms with E-state index < -0.39 is 41.7 Å². The summed E-state index contributed by atoms with van der Waals surface area (Å²) in [5, 5.41) is 42.9. The van der Waals surface area contributed by atoms with Crippen LogP contribution >= 0.6 is 0 Å². The van der Waals surface area contributed by atoms with Crippen LogP contribution in [-0.4, -0.2) is 81.7 Å². The Bertz CT molecular complexity index is 999. The van der Waals surface area contributed by atoms with Crippen LogP contribution in [0.1, 0.15) is 71.6 Å². The van der Waals surface area contributed by atoms with E-state index in [4.69, 9.17) is 14.2 Å². The Hall–Kier alpha value is -1.36. The highest BCUT2D eigenvalue weighted by Crippen LogP contribution is 2.69. The molecule has 6 aliphatic rings. The van der Waals surface area contributed by atoms with Crippen molar-refractivity contribution in [1.82, 2.24) is 0 Å². The standard InChI is InChI=1S/C29H42O9/c1-15-23(32)24(33)25(34)26(37-15)38-18-5-9-28(14-30)17(12-18)3-4-21-20(28)6-8-27(2)19(7-10-29(21,27)35)16-11-22(31)36-13-16/h11,14-15,17-21,23-26,32-35H,3-10,12-13H2,1-2H3/t15-,17+,18-,19+,20-,21+,23-,24+,25+,26-,27+,28+,29-/m0/s1. The minimum absolute atomic E-state index is 0.0322. The molecule has 38 heavy (non-hydrogen) atoms. The third kappa shape index (κ3) is 3.72. The number of carbonyl (C=O) groups excluding carboxylic acids is 2. The Morgan fingerprint density at radius 2 is 1.79 bits per heavy atom. The molecule has 0 bridgehead atoms. The fourth-order valence-electron chi connectivity index (χ4n) is 9.73. The summed E-state index contributed by atoms with van der Waals surface area (Å²) in [5.41, 5.74) is -0.739. The number of aliphatic hydroxyl groups is 4. The van der Waals surface area contributed by atoms with Crippen molar-refractivity contribution in [2.45, 2.75) is 114 Å². The van der Waals surface area contributed by atoms with Gasteiger partial charge in [0.2, 0.25) is 0 Å². The molecule has 2 aliphatic heterocycles. The average Bonchev–Trinajstić information content (AvgIpc) is 3.45. The van der Waals surface area contributed by atoms with Crippen LogP contribution in [0.15, 0.2) is 11.6 Å². The lowest BCUT2D eigenvalue weighted by Gasteiger charge is -2.63. The molecule has 2 heterocycles. The molecule has 13 atom stereocenters. The van der Waals surface area contributed by atoms with Gasteiger partial charge in [0.15, 0.2) is 6.29 Å². The first kappa shape index (κ1) is 26.8. The lowest BCUT2D eigenvalue weighted by molar-refractivity contribution is -0.309. The van der Waals surface area contributed by atoms with Crippen LogP contribution in [0.3, 0.4) is 0 Å². The van der Waals surface area contributed by atoms with Crippen molar-refractivity contribution in [3.8, 4) is 0 Å². The van der Waals surface area contributed by atoms with Crippen molar-refractivity contribution in [2.24, 2.45) is 34.5 Å². The van der Waals surface area contributed by atoms with Gasteiger partial charge in [0.05, 0.1) is 17.8 Å². The van der Waals surface area contributed by atoms with E-state index in [-0.39, 0.29) is 41.2 Å². The maximum Gasteiger partial charge on any atom is 0.331 e. The van der Waals surface area contributed by atoms with E-state index >= 15 is 0 Å². The molecule has 9 nitrogen and oxygen atoms in total. The molecule has 4 N–H and O–H groups in total. The van der Waals surface area contributed by atoms with Gasteiger partial charge in [-0.2, -0.15) is 0 Å². The summed E-state index contributed by atoms with van der Waals surface area (Å²) in [4.78, 5) is 24.7. The number of esters is 1. The third-order valence-electron chi connectivity index (χ3n) is 11.9. The Kier molecular flexibility index (Phi) is 6.60. The molecule has 4 saturated carbocycles. The Labute approximate surface area is 223 Å². The minimum atomic E-state index is -1.34. The first-order chi connectivity index (χ1) is 18.0. The van der Waals surface area contributed by atoms with E-state index in [9.17, 15) is 30.0 Å². The Morgan fingerprint density at radius 3 is 2.50 bits per heavy atom. The Balaban J connectivity index is 1.19. The number of ether oxygens (including phenoxy) is 3. The van der Waals surface area contributed by atoms with Gasteiger partial charge in [-0.15, -0.1) is 0 Å². The van der Waals surface area contributed by atoms with Gasteiger partial charge in [0, 0.05) is 16.9 Å². The fourth-order valence-corrected chi connectivity index (χ4v) is 9.73. The monoisotopic (exact) mass is 534 g/mol. The number of carbonyl (C=O) groups is 2. The highest BCUT2D eigenvalue weighted by atomic mass is 16.7. The normalized spacial score (nSPS) is 54.4. The van der Waals surface area contributed by atoms with Gasteiger partial charge in [-0.3, -0.25) is 0 Å². The summed E-state index contributed by atoms with van der Waals surface area (Å²) in [6, 6.07) is 0. The predicted octanol–water partition coefficient (Wildman–Crippen LogP) is 1.64. The van der Waals surface area contributed by atoms with Gasteiger partial charge < -0.3 is 39.4 Å². The van der Waals surface area contributed by atoms with E-state index in [1.54, 1.807) is 13.0 Å². The van der Waals surface area contributed by atoms with Gasteiger partial charge in [-0.05, 0) is 94.0 Å². The van der Waals surface area contributed by atoms with Gasteiger partial charge >= 0.3 is 5.97 Å². The molecule has 9 heteroatoms. The molecular weight excluding hydrogens is 492 g/mol. The number of fused-ring (bicyclic) bond motifs is 5. The zero-order chi connectivity index (χ0) is 27.0. The van der Waals surface area contributed by atoms with Gasteiger partial charge in [0.25, 0.3) is 0 Å². The number of hydrogen-bond acceptors (Lipinski definition) is 9. The summed E-state index contributed by atoms with van der Waals surface area (Å²) >= 11 is 0. The number of aldehydes is 1. The van der Waals surface area contributed by atoms with E-state index in [0.29, 0.717) is 32.3 Å². The fraction of sp³-hybridized carbons (Fsp3) is 0.862. The topological polar surface area (TPSA) is 143 Å². The summed E-state index contributed by atoms with van der Waals surface area (Å²) in [6.07, 6.45) is 3.80. The van der Waals surface area contributed by atoms with Crippen LogP contribution in [0.4, 0.5) is 0 Å². The lowest BCUT2D eigenvalue weighted by atomic mass is 9.43. The lowest BCUT2D eigenvalue weighted by Crippen LogP contribution is -2.63. The molecular formula is C29H42O9. The zero-order valence-electron chi connectivity index (χ0n) is 22.3. The molecule has 4 aliphatic carbocycles. The quantitative estimate of drug-likeness (QED) is 0.240. The molecule has 0 aromatic rings.